The lowest BCUT2D eigenvalue weighted by molar-refractivity contribution is 0.953. The zero-order chi connectivity index (χ0) is 10.8. The minimum absolute atomic E-state index is 0.886. The lowest BCUT2D eigenvalue weighted by atomic mass is 9.95. The molecule has 0 bridgehead atoms. The van der Waals surface area contributed by atoms with Gasteiger partial charge in [0.05, 0.1) is 5.69 Å². The lowest BCUT2D eigenvalue weighted by Gasteiger charge is -2.14. The highest BCUT2D eigenvalue weighted by atomic mass is 14.7. The van der Waals surface area contributed by atoms with Crippen molar-refractivity contribution in [1.82, 2.24) is 4.98 Å². The van der Waals surface area contributed by atoms with Crippen molar-refractivity contribution < 1.29 is 0 Å². The molecule has 2 heterocycles. The highest BCUT2D eigenvalue weighted by Gasteiger charge is 2.11. The first-order chi connectivity index (χ1) is 7.95. The summed E-state index contributed by atoms with van der Waals surface area (Å²) in [6, 6.07) is 12.4. The van der Waals surface area contributed by atoms with Gasteiger partial charge in [0.15, 0.2) is 0 Å². The van der Waals surface area contributed by atoms with Crippen molar-refractivity contribution >= 4 is 6.21 Å². The Morgan fingerprint density at radius 1 is 1.00 bits per heavy atom. The summed E-state index contributed by atoms with van der Waals surface area (Å²) >= 11 is 0. The Balaban J connectivity index is 2.19. The van der Waals surface area contributed by atoms with E-state index in [9.17, 15) is 0 Å². The quantitative estimate of drug-likeness (QED) is 0.707. The molecule has 0 unspecified atom stereocenters. The largest absolute Gasteiger partial charge is 0.292 e. The summed E-state index contributed by atoms with van der Waals surface area (Å²) in [6.07, 6.45) is 4.81. The van der Waals surface area contributed by atoms with E-state index in [1.54, 1.807) is 0 Å². The molecule has 0 saturated heterocycles. The molecule has 1 aliphatic rings. The Bertz CT molecular complexity index is 530. The molecule has 2 heteroatoms. The molecular formula is C14H12N2. The second kappa shape index (κ2) is 3.89. The fourth-order valence-corrected chi connectivity index (χ4v) is 2.11. The molecule has 0 fully saturated rings. The summed E-state index contributed by atoms with van der Waals surface area (Å²) in [5.74, 6) is 0. The SMILES string of the molecule is C1=NCCc2c1cccc2-c1ccccn1. The van der Waals surface area contributed by atoms with Crippen LogP contribution < -0.4 is 0 Å². The molecule has 1 aromatic heterocycles. The average Bonchev–Trinajstić information content (AvgIpc) is 2.39. The first-order valence-corrected chi connectivity index (χ1v) is 5.48. The molecule has 1 aliphatic heterocycles. The predicted molar refractivity (Wildman–Crippen MR) is 65.8 cm³/mol. The number of aromatic nitrogens is 1. The van der Waals surface area contributed by atoms with Gasteiger partial charge in [-0.05, 0) is 29.7 Å². The average molecular weight is 208 g/mol. The maximum atomic E-state index is 4.41. The molecule has 16 heavy (non-hydrogen) atoms. The zero-order valence-electron chi connectivity index (χ0n) is 8.93. The molecule has 2 nitrogen and oxygen atoms in total. The molecule has 0 amide bonds. The van der Waals surface area contributed by atoms with E-state index in [0.717, 1.165) is 18.7 Å². The molecule has 0 saturated carbocycles. The van der Waals surface area contributed by atoms with Crippen LogP contribution in [-0.2, 0) is 6.42 Å². The third-order valence-electron chi connectivity index (χ3n) is 2.87. The van der Waals surface area contributed by atoms with Crippen LogP contribution in [0, 0.1) is 0 Å². The standard InChI is InChI=1S/C14H12N2/c1-2-8-16-14(6-1)13-5-3-4-11-10-15-9-7-12(11)13/h1-6,8,10H,7,9H2. The van der Waals surface area contributed by atoms with Crippen LogP contribution >= 0.6 is 0 Å². The van der Waals surface area contributed by atoms with E-state index < -0.39 is 0 Å². The Morgan fingerprint density at radius 3 is 2.88 bits per heavy atom. The zero-order valence-corrected chi connectivity index (χ0v) is 8.93. The number of hydrogen-bond acceptors (Lipinski definition) is 2. The molecule has 3 rings (SSSR count). The van der Waals surface area contributed by atoms with Crippen LogP contribution in [0.25, 0.3) is 11.3 Å². The van der Waals surface area contributed by atoms with Gasteiger partial charge in [-0.2, -0.15) is 0 Å². The van der Waals surface area contributed by atoms with Crippen LogP contribution in [0.3, 0.4) is 0 Å². The Hall–Kier alpha value is -1.96. The highest BCUT2D eigenvalue weighted by Crippen LogP contribution is 2.25. The topological polar surface area (TPSA) is 25.2 Å². The molecule has 2 aromatic rings. The van der Waals surface area contributed by atoms with E-state index in [0.29, 0.717) is 0 Å². The van der Waals surface area contributed by atoms with Crippen molar-refractivity contribution in [1.29, 1.82) is 0 Å². The fourth-order valence-electron chi connectivity index (χ4n) is 2.11. The molecule has 0 spiro atoms. The van der Waals surface area contributed by atoms with Crippen LogP contribution in [0.2, 0.25) is 0 Å². The summed E-state index contributed by atoms with van der Waals surface area (Å²) < 4.78 is 0. The van der Waals surface area contributed by atoms with Crippen molar-refractivity contribution in [2.24, 2.45) is 4.99 Å². The van der Waals surface area contributed by atoms with Gasteiger partial charge in [0, 0.05) is 24.5 Å². The van der Waals surface area contributed by atoms with Gasteiger partial charge in [-0.1, -0.05) is 24.3 Å². The first kappa shape index (κ1) is 9.28. The van der Waals surface area contributed by atoms with Gasteiger partial charge in [0.25, 0.3) is 0 Å². The van der Waals surface area contributed by atoms with Crippen LogP contribution in [0.1, 0.15) is 11.1 Å². The van der Waals surface area contributed by atoms with Gasteiger partial charge in [0.1, 0.15) is 0 Å². The van der Waals surface area contributed by atoms with E-state index in [2.05, 4.69) is 34.2 Å². The number of rotatable bonds is 1. The summed E-state index contributed by atoms with van der Waals surface area (Å²) in [7, 11) is 0. The second-order valence-corrected chi connectivity index (χ2v) is 3.87. The van der Waals surface area contributed by atoms with E-state index >= 15 is 0 Å². The van der Waals surface area contributed by atoms with E-state index in [1.165, 1.54) is 16.7 Å². The predicted octanol–water partition coefficient (Wildman–Crippen LogP) is 2.72. The Morgan fingerprint density at radius 2 is 2.00 bits per heavy atom. The van der Waals surface area contributed by atoms with Crippen LogP contribution in [0.15, 0.2) is 47.6 Å². The smallest absolute Gasteiger partial charge is 0.0704 e. The summed E-state index contributed by atoms with van der Waals surface area (Å²) in [4.78, 5) is 8.72. The van der Waals surface area contributed by atoms with Gasteiger partial charge in [-0.25, -0.2) is 0 Å². The number of pyridine rings is 1. The summed E-state index contributed by atoms with van der Waals surface area (Å²) in [5, 5.41) is 0. The monoisotopic (exact) mass is 208 g/mol. The number of benzene rings is 1. The molecule has 78 valence electrons. The van der Waals surface area contributed by atoms with E-state index in [-0.39, 0.29) is 0 Å². The minimum atomic E-state index is 0.886. The van der Waals surface area contributed by atoms with Crippen LogP contribution in [-0.4, -0.2) is 17.7 Å². The molecule has 1 aromatic carbocycles. The number of hydrogen-bond donors (Lipinski definition) is 0. The first-order valence-electron chi connectivity index (χ1n) is 5.48. The number of fused-ring (bicyclic) bond motifs is 1. The molecule has 0 radical (unpaired) electrons. The van der Waals surface area contributed by atoms with Crippen LogP contribution in [0.5, 0.6) is 0 Å². The number of nitrogens with zero attached hydrogens (tertiary/aromatic N) is 2. The Kier molecular flexibility index (Phi) is 2.26. The van der Waals surface area contributed by atoms with Crippen LogP contribution in [0.4, 0.5) is 0 Å². The van der Waals surface area contributed by atoms with E-state index in [1.807, 2.05) is 24.5 Å². The van der Waals surface area contributed by atoms with Gasteiger partial charge in [-0.3, -0.25) is 9.98 Å². The lowest BCUT2D eigenvalue weighted by Crippen LogP contribution is -2.05. The maximum Gasteiger partial charge on any atom is 0.0704 e. The van der Waals surface area contributed by atoms with E-state index in [4.69, 9.17) is 0 Å². The fraction of sp³-hybridized carbons (Fsp3) is 0.143. The van der Waals surface area contributed by atoms with Crippen molar-refractivity contribution in [3.63, 3.8) is 0 Å². The van der Waals surface area contributed by atoms with Gasteiger partial charge in [-0.15, -0.1) is 0 Å². The molecule has 0 atom stereocenters. The van der Waals surface area contributed by atoms with Gasteiger partial charge >= 0.3 is 0 Å². The second-order valence-electron chi connectivity index (χ2n) is 3.87. The van der Waals surface area contributed by atoms with Gasteiger partial charge in [0.2, 0.25) is 0 Å². The molecular weight excluding hydrogens is 196 g/mol. The van der Waals surface area contributed by atoms with Crippen molar-refractivity contribution in [2.75, 3.05) is 6.54 Å². The van der Waals surface area contributed by atoms with Gasteiger partial charge < -0.3 is 0 Å². The number of aliphatic imine (C=N–C) groups is 1. The molecule has 0 aliphatic carbocycles. The third-order valence-corrected chi connectivity index (χ3v) is 2.87. The van der Waals surface area contributed by atoms with Crippen molar-refractivity contribution in [3.8, 4) is 11.3 Å². The Labute approximate surface area is 94.7 Å². The third kappa shape index (κ3) is 1.52. The molecule has 0 N–H and O–H groups in total. The summed E-state index contributed by atoms with van der Waals surface area (Å²) in [5.41, 5.74) is 4.89. The highest BCUT2D eigenvalue weighted by molar-refractivity contribution is 5.86. The van der Waals surface area contributed by atoms with Crippen molar-refractivity contribution in [3.05, 3.63) is 53.7 Å². The minimum Gasteiger partial charge on any atom is -0.292 e. The summed E-state index contributed by atoms with van der Waals surface area (Å²) in [6.45, 7) is 0.886. The maximum absolute atomic E-state index is 4.41. The normalized spacial score (nSPS) is 13.5. The van der Waals surface area contributed by atoms with Crippen molar-refractivity contribution in [2.45, 2.75) is 6.42 Å².